The third-order valence-electron chi connectivity index (χ3n) is 5.06. The van der Waals surface area contributed by atoms with Crippen molar-refractivity contribution in [1.82, 2.24) is 14.8 Å². The van der Waals surface area contributed by atoms with Crippen LogP contribution in [0, 0.1) is 11.7 Å². The molecule has 1 aliphatic rings. The molecule has 0 radical (unpaired) electrons. The molecular formula is C22H23FN4O3. The first kappa shape index (κ1) is 20.0. The van der Waals surface area contributed by atoms with E-state index >= 15 is 0 Å². The van der Waals surface area contributed by atoms with E-state index in [1.165, 1.54) is 12.1 Å². The maximum absolute atomic E-state index is 13.4. The van der Waals surface area contributed by atoms with Crippen LogP contribution in [0.2, 0.25) is 0 Å². The fourth-order valence-electron chi connectivity index (χ4n) is 3.14. The van der Waals surface area contributed by atoms with Crippen molar-refractivity contribution in [2.45, 2.75) is 19.3 Å². The summed E-state index contributed by atoms with van der Waals surface area (Å²) in [5.74, 6) is 0.383. The van der Waals surface area contributed by atoms with Crippen LogP contribution in [0.1, 0.15) is 19.3 Å². The Kier molecular flexibility index (Phi) is 6.04. The molecule has 1 heterocycles. The predicted molar refractivity (Wildman–Crippen MR) is 110 cm³/mol. The SMILES string of the molecule is COCCOc1nc(-c2ccc(F)cc2)n(-c2ccc(NC(=O)C3CCC3)cc2)n1. The third-order valence-corrected chi connectivity index (χ3v) is 5.06. The van der Waals surface area contributed by atoms with Crippen molar-refractivity contribution in [2.75, 3.05) is 25.6 Å². The molecule has 8 heteroatoms. The number of amides is 1. The number of rotatable bonds is 8. The molecule has 1 amide bonds. The van der Waals surface area contributed by atoms with Crippen LogP contribution in [-0.2, 0) is 9.53 Å². The number of hydrogen-bond donors (Lipinski definition) is 1. The van der Waals surface area contributed by atoms with Gasteiger partial charge in [-0.1, -0.05) is 6.42 Å². The Morgan fingerprint density at radius 1 is 1.13 bits per heavy atom. The fourth-order valence-corrected chi connectivity index (χ4v) is 3.14. The summed E-state index contributed by atoms with van der Waals surface area (Å²) in [7, 11) is 1.59. The smallest absolute Gasteiger partial charge is 0.336 e. The van der Waals surface area contributed by atoms with Gasteiger partial charge < -0.3 is 14.8 Å². The van der Waals surface area contributed by atoms with Crippen molar-refractivity contribution in [3.8, 4) is 23.1 Å². The summed E-state index contributed by atoms with van der Waals surface area (Å²) in [5.41, 5.74) is 2.17. The van der Waals surface area contributed by atoms with Crippen LogP contribution in [0.3, 0.4) is 0 Å². The highest BCUT2D eigenvalue weighted by molar-refractivity contribution is 5.93. The number of carbonyl (C=O) groups is 1. The molecule has 1 fully saturated rings. The van der Waals surface area contributed by atoms with E-state index in [9.17, 15) is 9.18 Å². The van der Waals surface area contributed by atoms with Gasteiger partial charge in [-0.2, -0.15) is 4.98 Å². The molecule has 0 aliphatic heterocycles. The van der Waals surface area contributed by atoms with E-state index in [2.05, 4.69) is 15.4 Å². The van der Waals surface area contributed by atoms with Crippen molar-refractivity contribution < 1.29 is 18.7 Å². The van der Waals surface area contributed by atoms with Crippen LogP contribution < -0.4 is 10.1 Å². The highest BCUT2D eigenvalue weighted by Crippen LogP contribution is 2.28. The van der Waals surface area contributed by atoms with Gasteiger partial charge in [-0.15, -0.1) is 5.10 Å². The molecule has 0 bridgehead atoms. The number of methoxy groups -OCH3 is 1. The Bertz CT molecular complexity index is 998. The molecule has 0 atom stereocenters. The minimum absolute atomic E-state index is 0.0654. The molecule has 1 saturated carbocycles. The first-order valence-electron chi connectivity index (χ1n) is 9.90. The van der Waals surface area contributed by atoms with Crippen LogP contribution in [-0.4, -0.2) is 41.0 Å². The van der Waals surface area contributed by atoms with Crippen molar-refractivity contribution >= 4 is 11.6 Å². The summed E-state index contributed by atoms with van der Waals surface area (Å²) >= 11 is 0. The number of nitrogens with one attached hydrogen (secondary N) is 1. The molecule has 1 N–H and O–H groups in total. The van der Waals surface area contributed by atoms with Crippen molar-refractivity contribution in [3.05, 3.63) is 54.3 Å². The van der Waals surface area contributed by atoms with Crippen molar-refractivity contribution in [1.29, 1.82) is 0 Å². The zero-order chi connectivity index (χ0) is 20.9. The zero-order valence-corrected chi connectivity index (χ0v) is 16.7. The van der Waals surface area contributed by atoms with Gasteiger partial charge in [0.25, 0.3) is 0 Å². The molecule has 0 unspecified atom stereocenters. The Morgan fingerprint density at radius 3 is 2.50 bits per heavy atom. The van der Waals surface area contributed by atoms with Gasteiger partial charge in [0.05, 0.1) is 12.3 Å². The second-order valence-corrected chi connectivity index (χ2v) is 7.14. The molecule has 7 nitrogen and oxygen atoms in total. The number of halogens is 1. The lowest BCUT2D eigenvalue weighted by Crippen LogP contribution is -2.27. The van der Waals surface area contributed by atoms with Crippen LogP contribution in [0.25, 0.3) is 17.1 Å². The third kappa shape index (κ3) is 4.49. The average Bonchev–Trinajstić information content (AvgIpc) is 3.12. The lowest BCUT2D eigenvalue weighted by Gasteiger charge is -2.24. The normalized spacial score (nSPS) is 13.7. The number of nitrogens with zero attached hydrogens (tertiary/aromatic N) is 3. The van der Waals surface area contributed by atoms with Gasteiger partial charge >= 0.3 is 6.01 Å². The minimum Gasteiger partial charge on any atom is -0.460 e. The Hall–Kier alpha value is -3.26. The summed E-state index contributed by atoms with van der Waals surface area (Å²) in [6, 6.07) is 13.6. The number of carbonyl (C=O) groups excluding carboxylic acids is 1. The van der Waals surface area contributed by atoms with Gasteiger partial charge in [-0.3, -0.25) is 4.79 Å². The van der Waals surface area contributed by atoms with E-state index in [1.54, 1.807) is 23.9 Å². The monoisotopic (exact) mass is 410 g/mol. The number of benzene rings is 2. The molecule has 4 rings (SSSR count). The van der Waals surface area contributed by atoms with E-state index in [1.807, 2.05) is 24.3 Å². The molecule has 0 saturated heterocycles. The molecule has 156 valence electrons. The van der Waals surface area contributed by atoms with E-state index in [4.69, 9.17) is 9.47 Å². The first-order chi connectivity index (χ1) is 14.6. The summed E-state index contributed by atoms with van der Waals surface area (Å²) in [6.45, 7) is 0.727. The zero-order valence-electron chi connectivity index (χ0n) is 16.7. The number of anilines is 1. The van der Waals surface area contributed by atoms with E-state index in [0.717, 1.165) is 30.6 Å². The van der Waals surface area contributed by atoms with E-state index in [-0.39, 0.29) is 23.7 Å². The second kappa shape index (κ2) is 9.04. The largest absolute Gasteiger partial charge is 0.460 e. The Labute approximate surface area is 173 Å². The van der Waals surface area contributed by atoms with Crippen LogP contribution >= 0.6 is 0 Å². The van der Waals surface area contributed by atoms with Gasteiger partial charge in [0.2, 0.25) is 5.91 Å². The predicted octanol–water partition coefficient (Wildman–Crippen LogP) is 3.84. The molecule has 0 spiro atoms. The summed E-state index contributed by atoms with van der Waals surface area (Å²) in [4.78, 5) is 16.6. The van der Waals surface area contributed by atoms with Crippen molar-refractivity contribution in [2.24, 2.45) is 5.92 Å². The Balaban J connectivity index is 1.59. The van der Waals surface area contributed by atoms with Crippen LogP contribution in [0.4, 0.5) is 10.1 Å². The van der Waals surface area contributed by atoms with E-state index in [0.29, 0.717) is 24.6 Å². The highest BCUT2D eigenvalue weighted by atomic mass is 19.1. The maximum Gasteiger partial charge on any atom is 0.336 e. The summed E-state index contributed by atoms with van der Waals surface area (Å²) in [6.07, 6.45) is 3.02. The molecule has 30 heavy (non-hydrogen) atoms. The molecule has 3 aromatic rings. The molecule has 2 aromatic carbocycles. The average molecular weight is 410 g/mol. The number of ether oxygens (including phenoxy) is 2. The summed E-state index contributed by atoms with van der Waals surface area (Å²) < 4.78 is 25.5. The van der Waals surface area contributed by atoms with Gasteiger partial charge in [-0.05, 0) is 61.4 Å². The van der Waals surface area contributed by atoms with Crippen molar-refractivity contribution in [3.63, 3.8) is 0 Å². The maximum atomic E-state index is 13.4. The molecule has 1 aliphatic carbocycles. The van der Waals surface area contributed by atoms with Gasteiger partial charge in [0.15, 0.2) is 5.82 Å². The van der Waals surface area contributed by atoms with Crippen LogP contribution in [0.5, 0.6) is 6.01 Å². The van der Waals surface area contributed by atoms with Gasteiger partial charge in [0, 0.05) is 24.3 Å². The lowest BCUT2D eigenvalue weighted by molar-refractivity contribution is -0.122. The minimum atomic E-state index is -0.326. The fraction of sp³-hybridized carbons (Fsp3) is 0.318. The molecule has 1 aromatic heterocycles. The first-order valence-corrected chi connectivity index (χ1v) is 9.90. The second-order valence-electron chi connectivity index (χ2n) is 7.14. The number of hydrogen-bond acceptors (Lipinski definition) is 5. The highest BCUT2D eigenvalue weighted by Gasteiger charge is 2.25. The Morgan fingerprint density at radius 2 is 1.87 bits per heavy atom. The molecular weight excluding hydrogens is 387 g/mol. The quantitative estimate of drug-likeness (QED) is 0.571. The topological polar surface area (TPSA) is 78.3 Å². The van der Waals surface area contributed by atoms with Gasteiger partial charge in [0.1, 0.15) is 12.4 Å². The lowest BCUT2D eigenvalue weighted by atomic mass is 9.85. The van der Waals surface area contributed by atoms with Gasteiger partial charge in [-0.25, -0.2) is 9.07 Å². The standard InChI is InChI=1S/C22H23FN4O3/c1-29-13-14-30-22-25-20(15-5-7-17(23)8-6-15)27(26-22)19-11-9-18(10-12-19)24-21(28)16-3-2-4-16/h5-12,16H,2-4,13-14H2,1H3,(H,24,28). The summed E-state index contributed by atoms with van der Waals surface area (Å²) in [5, 5.41) is 7.39. The van der Waals surface area contributed by atoms with E-state index < -0.39 is 0 Å². The number of aromatic nitrogens is 3. The van der Waals surface area contributed by atoms with Crippen LogP contribution in [0.15, 0.2) is 48.5 Å².